The van der Waals surface area contributed by atoms with Crippen LogP contribution in [0.5, 0.6) is 0 Å². The standard InChI is InChI=1S/C22H26N2O2/c1-15(2)20(23-21(25)18-10-6-7-16(3)13-18)22(26)24-12-11-17-8-4-5-9-19(17)14-24/h4-10,13,15,20H,11-12,14H2,1-3H3,(H,23,25). The van der Waals surface area contributed by atoms with Crippen LogP contribution in [0.1, 0.15) is 40.9 Å². The first-order valence-corrected chi connectivity index (χ1v) is 9.19. The zero-order valence-electron chi connectivity index (χ0n) is 15.7. The second-order valence-corrected chi connectivity index (χ2v) is 7.34. The van der Waals surface area contributed by atoms with E-state index in [2.05, 4.69) is 17.4 Å². The summed E-state index contributed by atoms with van der Waals surface area (Å²) in [6, 6.07) is 15.1. The number of benzene rings is 2. The number of hydrogen-bond acceptors (Lipinski definition) is 2. The summed E-state index contributed by atoms with van der Waals surface area (Å²) in [6.45, 7) is 7.19. The Bertz CT molecular complexity index is 813. The van der Waals surface area contributed by atoms with Crippen molar-refractivity contribution >= 4 is 11.8 Å². The quantitative estimate of drug-likeness (QED) is 0.919. The smallest absolute Gasteiger partial charge is 0.251 e. The Morgan fingerprint density at radius 1 is 1.04 bits per heavy atom. The van der Waals surface area contributed by atoms with Gasteiger partial charge in [0.05, 0.1) is 0 Å². The van der Waals surface area contributed by atoms with E-state index in [0.717, 1.165) is 12.0 Å². The van der Waals surface area contributed by atoms with Crippen LogP contribution >= 0.6 is 0 Å². The zero-order valence-corrected chi connectivity index (χ0v) is 15.7. The van der Waals surface area contributed by atoms with Gasteiger partial charge in [0.15, 0.2) is 0 Å². The summed E-state index contributed by atoms with van der Waals surface area (Å²) >= 11 is 0. The molecule has 1 aliphatic heterocycles. The van der Waals surface area contributed by atoms with Crippen LogP contribution in [-0.4, -0.2) is 29.3 Å². The first-order chi connectivity index (χ1) is 12.5. The lowest BCUT2D eigenvalue weighted by atomic mass is 9.97. The maximum atomic E-state index is 13.1. The predicted octanol–water partition coefficient (Wildman–Crippen LogP) is 3.33. The van der Waals surface area contributed by atoms with Crippen LogP contribution in [0, 0.1) is 12.8 Å². The highest BCUT2D eigenvalue weighted by Gasteiger charge is 2.30. The first-order valence-electron chi connectivity index (χ1n) is 9.19. The lowest BCUT2D eigenvalue weighted by molar-refractivity contribution is -0.135. The Hall–Kier alpha value is -2.62. The molecule has 0 saturated heterocycles. The van der Waals surface area contributed by atoms with Gasteiger partial charge < -0.3 is 10.2 Å². The lowest BCUT2D eigenvalue weighted by Crippen LogP contribution is -2.52. The number of amides is 2. The van der Waals surface area contributed by atoms with Gasteiger partial charge >= 0.3 is 0 Å². The maximum Gasteiger partial charge on any atom is 0.251 e. The van der Waals surface area contributed by atoms with Gasteiger partial charge in [0.2, 0.25) is 5.91 Å². The number of carbonyl (C=O) groups is 2. The summed E-state index contributed by atoms with van der Waals surface area (Å²) in [6.07, 6.45) is 0.860. The third kappa shape index (κ3) is 3.96. The molecule has 0 fully saturated rings. The summed E-state index contributed by atoms with van der Waals surface area (Å²) in [5.41, 5.74) is 4.12. The molecular formula is C22H26N2O2. The van der Waals surface area contributed by atoms with Crippen LogP contribution in [-0.2, 0) is 17.8 Å². The second kappa shape index (κ2) is 7.73. The van der Waals surface area contributed by atoms with E-state index in [0.29, 0.717) is 18.7 Å². The average molecular weight is 350 g/mol. The van der Waals surface area contributed by atoms with Crippen molar-refractivity contribution in [1.82, 2.24) is 10.2 Å². The highest BCUT2D eigenvalue weighted by atomic mass is 16.2. The van der Waals surface area contributed by atoms with Gasteiger partial charge in [-0.1, -0.05) is 55.8 Å². The van der Waals surface area contributed by atoms with Gasteiger partial charge in [0.1, 0.15) is 6.04 Å². The van der Waals surface area contributed by atoms with Crippen LogP contribution in [0.3, 0.4) is 0 Å². The van der Waals surface area contributed by atoms with E-state index in [-0.39, 0.29) is 17.7 Å². The molecule has 1 N–H and O–H groups in total. The van der Waals surface area contributed by atoms with Crippen LogP contribution < -0.4 is 5.32 Å². The van der Waals surface area contributed by atoms with E-state index in [1.54, 1.807) is 6.07 Å². The normalized spacial score (nSPS) is 14.7. The summed E-state index contributed by atoms with van der Waals surface area (Å²) in [5, 5.41) is 2.95. The molecule has 1 aliphatic rings. The van der Waals surface area contributed by atoms with E-state index >= 15 is 0 Å². The van der Waals surface area contributed by atoms with Crippen molar-refractivity contribution in [3.05, 3.63) is 70.8 Å². The van der Waals surface area contributed by atoms with Crippen molar-refractivity contribution in [3.8, 4) is 0 Å². The van der Waals surface area contributed by atoms with Gasteiger partial charge in [-0.15, -0.1) is 0 Å². The molecule has 2 amide bonds. The number of fused-ring (bicyclic) bond motifs is 1. The van der Waals surface area contributed by atoms with E-state index in [9.17, 15) is 9.59 Å². The number of aryl methyl sites for hydroxylation is 1. The molecule has 1 unspecified atom stereocenters. The maximum absolute atomic E-state index is 13.1. The monoisotopic (exact) mass is 350 g/mol. The Morgan fingerprint density at radius 2 is 1.77 bits per heavy atom. The fourth-order valence-electron chi connectivity index (χ4n) is 3.40. The van der Waals surface area contributed by atoms with Gasteiger partial charge in [-0.2, -0.15) is 0 Å². The van der Waals surface area contributed by atoms with Gasteiger partial charge in [0, 0.05) is 18.7 Å². The molecule has 1 heterocycles. The van der Waals surface area contributed by atoms with Gasteiger partial charge in [-0.25, -0.2) is 0 Å². The fourth-order valence-corrected chi connectivity index (χ4v) is 3.40. The predicted molar refractivity (Wildman–Crippen MR) is 103 cm³/mol. The van der Waals surface area contributed by atoms with Crippen molar-refractivity contribution in [2.75, 3.05) is 6.54 Å². The number of nitrogens with one attached hydrogen (secondary N) is 1. The van der Waals surface area contributed by atoms with Crippen molar-refractivity contribution in [3.63, 3.8) is 0 Å². The Balaban J connectivity index is 1.74. The molecule has 3 rings (SSSR count). The molecule has 0 bridgehead atoms. The third-order valence-electron chi connectivity index (χ3n) is 4.94. The molecule has 0 aromatic heterocycles. The van der Waals surface area contributed by atoms with Crippen molar-refractivity contribution in [1.29, 1.82) is 0 Å². The third-order valence-corrected chi connectivity index (χ3v) is 4.94. The summed E-state index contributed by atoms with van der Waals surface area (Å²) in [7, 11) is 0. The zero-order chi connectivity index (χ0) is 18.7. The van der Waals surface area contributed by atoms with Crippen LogP contribution in [0.4, 0.5) is 0 Å². The Labute approximate surface area is 155 Å². The minimum Gasteiger partial charge on any atom is -0.340 e. The molecule has 4 nitrogen and oxygen atoms in total. The summed E-state index contributed by atoms with van der Waals surface area (Å²) < 4.78 is 0. The highest BCUT2D eigenvalue weighted by molar-refractivity contribution is 5.97. The molecule has 0 aliphatic carbocycles. The van der Waals surface area contributed by atoms with Crippen molar-refractivity contribution in [2.45, 2.75) is 39.8 Å². The van der Waals surface area contributed by atoms with Crippen molar-refractivity contribution in [2.24, 2.45) is 5.92 Å². The van der Waals surface area contributed by atoms with Gasteiger partial charge in [-0.3, -0.25) is 9.59 Å². The SMILES string of the molecule is Cc1cccc(C(=O)NC(C(=O)N2CCc3ccccc3C2)C(C)C)c1. The molecule has 2 aromatic carbocycles. The molecule has 0 spiro atoms. The largest absolute Gasteiger partial charge is 0.340 e. The number of hydrogen-bond donors (Lipinski definition) is 1. The molecule has 136 valence electrons. The minimum absolute atomic E-state index is 0.00416. The van der Waals surface area contributed by atoms with Crippen molar-refractivity contribution < 1.29 is 9.59 Å². The van der Waals surface area contributed by atoms with Gasteiger partial charge in [-0.05, 0) is 42.5 Å². The lowest BCUT2D eigenvalue weighted by Gasteiger charge is -2.33. The molecule has 2 aromatic rings. The molecular weight excluding hydrogens is 324 g/mol. The van der Waals surface area contributed by atoms with Crippen LogP contribution in [0.25, 0.3) is 0 Å². The van der Waals surface area contributed by atoms with Gasteiger partial charge in [0.25, 0.3) is 5.91 Å². The fraction of sp³-hybridized carbons (Fsp3) is 0.364. The first kappa shape index (κ1) is 18.2. The van der Waals surface area contributed by atoms with E-state index in [4.69, 9.17) is 0 Å². The Kier molecular flexibility index (Phi) is 5.40. The molecule has 26 heavy (non-hydrogen) atoms. The highest BCUT2D eigenvalue weighted by Crippen LogP contribution is 2.20. The topological polar surface area (TPSA) is 49.4 Å². The molecule has 0 radical (unpaired) electrons. The van der Waals surface area contributed by atoms with E-state index in [1.165, 1.54) is 11.1 Å². The van der Waals surface area contributed by atoms with E-state index < -0.39 is 6.04 Å². The van der Waals surface area contributed by atoms with E-state index in [1.807, 2.05) is 56.0 Å². The number of nitrogens with zero attached hydrogens (tertiary/aromatic N) is 1. The number of carbonyl (C=O) groups excluding carboxylic acids is 2. The second-order valence-electron chi connectivity index (χ2n) is 7.34. The minimum atomic E-state index is -0.520. The van der Waals surface area contributed by atoms with Crippen LogP contribution in [0.2, 0.25) is 0 Å². The number of rotatable bonds is 4. The molecule has 1 atom stereocenters. The molecule has 0 saturated carbocycles. The average Bonchev–Trinajstić information content (AvgIpc) is 2.64. The molecule has 4 heteroatoms. The van der Waals surface area contributed by atoms with Crippen LogP contribution in [0.15, 0.2) is 48.5 Å². The Morgan fingerprint density at radius 3 is 2.46 bits per heavy atom. The summed E-state index contributed by atoms with van der Waals surface area (Å²) in [4.78, 5) is 27.6. The summed E-state index contributed by atoms with van der Waals surface area (Å²) in [5.74, 6) is -0.179.